The molecule has 1 atom stereocenters. The molecule has 3 rings (SSSR count). The van der Waals surface area contributed by atoms with E-state index in [0.717, 1.165) is 31.5 Å². The van der Waals surface area contributed by atoms with E-state index in [1.54, 1.807) is 18.0 Å². The van der Waals surface area contributed by atoms with Crippen LogP contribution in [-0.2, 0) is 11.3 Å². The first kappa shape index (κ1) is 10.5. The van der Waals surface area contributed by atoms with Gasteiger partial charge in [-0.1, -0.05) is 6.07 Å². The molecule has 17 heavy (non-hydrogen) atoms. The zero-order valence-corrected chi connectivity index (χ0v) is 9.89. The standard InChI is InChI=1S/C12H16N4O/c1-15-11-8(4-5-10(13)14-11)7-16-6-2-3-9(16)12(15)17/h4-5,9H,2-3,6-7H2,1H3,(H2,13,14)/t9-/m0/s1. The highest BCUT2D eigenvalue weighted by Crippen LogP contribution is 2.30. The van der Waals surface area contributed by atoms with Gasteiger partial charge in [-0.15, -0.1) is 0 Å². The lowest BCUT2D eigenvalue weighted by Gasteiger charge is -2.21. The fourth-order valence-corrected chi connectivity index (χ4v) is 2.75. The Kier molecular flexibility index (Phi) is 2.29. The summed E-state index contributed by atoms with van der Waals surface area (Å²) in [5.74, 6) is 1.31. The van der Waals surface area contributed by atoms with Crippen LogP contribution >= 0.6 is 0 Å². The van der Waals surface area contributed by atoms with Crippen LogP contribution in [0.3, 0.4) is 0 Å². The smallest absolute Gasteiger partial charge is 0.245 e. The van der Waals surface area contributed by atoms with Gasteiger partial charge >= 0.3 is 0 Å². The van der Waals surface area contributed by atoms with E-state index in [1.165, 1.54) is 0 Å². The van der Waals surface area contributed by atoms with E-state index in [0.29, 0.717) is 11.6 Å². The van der Waals surface area contributed by atoms with Crippen LogP contribution in [0.4, 0.5) is 11.6 Å². The van der Waals surface area contributed by atoms with Gasteiger partial charge in [-0.25, -0.2) is 4.98 Å². The molecular weight excluding hydrogens is 216 g/mol. The predicted octanol–water partition coefficient (Wildman–Crippen LogP) is 0.605. The van der Waals surface area contributed by atoms with Crippen molar-refractivity contribution in [3.63, 3.8) is 0 Å². The van der Waals surface area contributed by atoms with Crippen molar-refractivity contribution in [2.24, 2.45) is 0 Å². The topological polar surface area (TPSA) is 62.5 Å². The molecule has 2 N–H and O–H groups in total. The lowest BCUT2D eigenvalue weighted by molar-refractivity contribution is -0.122. The molecule has 0 saturated carbocycles. The Morgan fingerprint density at radius 1 is 1.47 bits per heavy atom. The van der Waals surface area contributed by atoms with Crippen LogP contribution in [0.15, 0.2) is 12.1 Å². The minimum Gasteiger partial charge on any atom is -0.384 e. The Balaban J connectivity index is 2.08. The van der Waals surface area contributed by atoms with Crippen LogP contribution in [0, 0.1) is 0 Å². The first-order chi connectivity index (χ1) is 8.16. The maximum atomic E-state index is 12.3. The first-order valence-corrected chi connectivity index (χ1v) is 5.94. The van der Waals surface area contributed by atoms with Crippen molar-refractivity contribution in [3.05, 3.63) is 17.7 Å². The van der Waals surface area contributed by atoms with Crippen molar-refractivity contribution in [2.75, 3.05) is 24.2 Å². The SMILES string of the molecule is CN1C(=O)[C@@H]2CCCN2Cc2ccc(N)nc21. The van der Waals surface area contributed by atoms with Crippen LogP contribution in [-0.4, -0.2) is 35.4 Å². The van der Waals surface area contributed by atoms with Crippen molar-refractivity contribution in [1.29, 1.82) is 0 Å². The Morgan fingerprint density at radius 2 is 2.29 bits per heavy atom. The van der Waals surface area contributed by atoms with Crippen LogP contribution in [0.5, 0.6) is 0 Å². The van der Waals surface area contributed by atoms with E-state index in [-0.39, 0.29) is 11.9 Å². The molecule has 3 heterocycles. The highest BCUT2D eigenvalue weighted by Gasteiger charge is 2.37. The summed E-state index contributed by atoms with van der Waals surface area (Å²) in [6, 6.07) is 3.80. The van der Waals surface area contributed by atoms with Crippen molar-refractivity contribution in [3.8, 4) is 0 Å². The van der Waals surface area contributed by atoms with Gasteiger partial charge in [0.1, 0.15) is 11.6 Å². The number of fused-ring (bicyclic) bond motifs is 2. The van der Waals surface area contributed by atoms with Crippen LogP contribution in [0.1, 0.15) is 18.4 Å². The molecule has 1 saturated heterocycles. The number of likely N-dealkylation sites (N-methyl/N-ethyl adjacent to an activating group) is 1. The number of nitrogens with zero attached hydrogens (tertiary/aromatic N) is 3. The fourth-order valence-electron chi connectivity index (χ4n) is 2.75. The number of carbonyl (C=O) groups excluding carboxylic acids is 1. The molecule has 2 aliphatic rings. The van der Waals surface area contributed by atoms with Gasteiger partial charge in [0.2, 0.25) is 5.91 Å². The number of hydrogen-bond acceptors (Lipinski definition) is 4. The molecule has 5 heteroatoms. The summed E-state index contributed by atoms with van der Waals surface area (Å²) >= 11 is 0. The van der Waals surface area contributed by atoms with Crippen molar-refractivity contribution < 1.29 is 4.79 Å². The molecule has 5 nitrogen and oxygen atoms in total. The minimum absolute atomic E-state index is 0.0235. The van der Waals surface area contributed by atoms with Gasteiger partial charge < -0.3 is 5.73 Å². The van der Waals surface area contributed by atoms with E-state index >= 15 is 0 Å². The summed E-state index contributed by atoms with van der Waals surface area (Å²) in [6.45, 7) is 1.79. The second-order valence-electron chi connectivity index (χ2n) is 4.74. The Labute approximate surface area is 100 Å². The number of carbonyl (C=O) groups is 1. The van der Waals surface area contributed by atoms with Gasteiger partial charge in [-0.05, 0) is 25.5 Å². The van der Waals surface area contributed by atoms with Crippen molar-refractivity contribution >= 4 is 17.5 Å². The van der Waals surface area contributed by atoms with Gasteiger partial charge in [0.15, 0.2) is 0 Å². The van der Waals surface area contributed by atoms with E-state index in [1.807, 2.05) is 6.07 Å². The lowest BCUT2D eigenvalue weighted by atomic mass is 10.2. The quantitative estimate of drug-likeness (QED) is 0.711. The maximum Gasteiger partial charge on any atom is 0.245 e. The first-order valence-electron chi connectivity index (χ1n) is 5.94. The molecular formula is C12H16N4O. The monoisotopic (exact) mass is 232 g/mol. The minimum atomic E-state index is 0.0235. The lowest BCUT2D eigenvalue weighted by Crippen LogP contribution is -2.41. The van der Waals surface area contributed by atoms with Crippen LogP contribution in [0.2, 0.25) is 0 Å². The summed E-state index contributed by atoms with van der Waals surface area (Å²) in [4.78, 5) is 20.5. The summed E-state index contributed by atoms with van der Waals surface area (Å²) in [7, 11) is 1.79. The van der Waals surface area contributed by atoms with Gasteiger partial charge in [0, 0.05) is 19.2 Å². The average Bonchev–Trinajstić information content (AvgIpc) is 2.74. The Morgan fingerprint density at radius 3 is 3.12 bits per heavy atom. The maximum absolute atomic E-state index is 12.3. The summed E-state index contributed by atoms with van der Waals surface area (Å²) < 4.78 is 0. The van der Waals surface area contributed by atoms with Gasteiger partial charge in [-0.3, -0.25) is 14.6 Å². The Hall–Kier alpha value is -1.62. The number of hydrogen-bond donors (Lipinski definition) is 1. The molecule has 90 valence electrons. The third-order valence-corrected chi connectivity index (χ3v) is 3.65. The molecule has 0 bridgehead atoms. The second kappa shape index (κ2) is 3.70. The van der Waals surface area contributed by atoms with Gasteiger partial charge in [0.25, 0.3) is 0 Å². The van der Waals surface area contributed by atoms with E-state index in [4.69, 9.17) is 5.73 Å². The second-order valence-corrected chi connectivity index (χ2v) is 4.74. The van der Waals surface area contributed by atoms with E-state index in [2.05, 4.69) is 9.88 Å². The number of aromatic nitrogens is 1. The van der Waals surface area contributed by atoms with E-state index < -0.39 is 0 Å². The molecule has 0 radical (unpaired) electrons. The number of amides is 1. The molecule has 0 aliphatic carbocycles. The number of nitrogens with two attached hydrogens (primary N) is 1. The Bertz CT molecular complexity index is 474. The molecule has 1 fully saturated rings. The van der Waals surface area contributed by atoms with Crippen molar-refractivity contribution in [2.45, 2.75) is 25.4 Å². The summed E-state index contributed by atoms with van der Waals surface area (Å²) in [6.07, 6.45) is 2.05. The van der Waals surface area contributed by atoms with Crippen LogP contribution < -0.4 is 10.6 Å². The number of rotatable bonds is 0. The number of anilines is 2. The van der Waals surface area contributed by atoms with Crippen molar-refractivity contribution in [1.82, 2.24) is 9.88 Å². The number of nitrogen functional groups attached to an aromatic ring is 1. The molecule has 0 aromatic carbocycles. The fraction of sp³-hybridized carbons (Fsp3) is 0.500. The van der Waals surface area contributed by atoms with E-state index in [9.17, 15) is 4.79 Å². The molecule has 1 aromatic rings. The zero-order valence-electron chi connectivity index (χ0n) is 9.89. The van der Waals surface area contributed by atoms with Crippen LogP contribution in [0.25, 0.3) is 0 Å². The van der Waals surface area contributed by atoms with Gasteiger partial charge in [0.05, 0.1) is 6.04 Å². The summed E-state index contributed by atoms with van der Waals surface area (Å²) in [5, 5.41) is 0. The van der Waals surface area contributed by atoms with Gasteiger partial charge in [-0.2, -0.15) is 0 Å². The highest BCUT2D eigenvalue weighted by atomic mass is 16.2. The largest absolute Gasteiger partial charge is 0.384 e. The third kappa shape index (κ3) is 1.58. The highest BCUT2D eigenvalue weighted by molar-refractivity contribution is 5.97. The number of pyridine rings is 1. The average molecular weight is 232 g/mol. The predicted molar refractivity (Wildman–Crippen MR) is 65.5 cm³/mol. The molecule has 2 aliphatic heterocycles. The molecule has 0 spiro atoms. The normalized spacial score (nSPS) is 24.4. The molecule has 1 aromatic heterocycles. The third-order valence-electron chi connectivity index (χ3n) is 3.65. The molecule has 0 unspecified atom stereocenters. The molecule has 1 amide bonds. The zero-order chi connectivity index (χ0) is 12.0. The summed E-state index contributed by atoms with van der Waals surface area (Å²) in [5.41, 5.74) is 6.78.